The van der Waals surface area contributed by atoms with Crippen LogP contribution in [0.25, 0.3) is 6.08 Å². The third kappa shape index (κ3) is 4.02. The molecule has 2 aromatic rings. The zero-order chi connectivity index (χ0) is 20.3. The molecular weight excluding hydrogens is 398 g/mol. The highest BCUT2D eigenvalue weighted by molar-refractivity contribution is 8.27. The summed E-state index contributed by atoms with van der Waals surface area (Å²) in [5.41, 5.74) is 1.28. The maximum atomic E-state index is 12.9. The molecule has 0 spiro atoms. The van der Waals surface area contributed by atoms with Gasteiger partial charge in [0.25, 0.3) is 5.91 Å². The van der Waals surface area contributed by atoms with Crippen molar-refractivity contribution >= 4 is 51.9 Å². The van der Waals surface area contributed by atoms with E-state index in [1.807, 2.05) is 13.0 Å². The van der Waals surface area contributed by atoms with Gasteiger partial charge in [-0.2, -0.15) is 0 Å². The van der Waals surface area contributed by atoms with E-state index in [-0.39, 0.29) is 11.5 Å². The largest absolute Gasteiger partial charge is 0.493 e. The minimum absolute atomic E-state index is 0.0899. The number of thioether (sulfide) groups is 1. The predicted molar refractivity (Wildman–Crippen MR) is 113 cm³/mol. The summed E-state index contributed by atoms with van der Waals surface area (Å²) in [7, 11) is 1.56. The molecule has 0 bridgehead atoms. The molecular formula is C20H17NO5S2. The molecule has 0 aromatic heterocycles. The quantitative estimate of drug-likeness (QED) is 0.560. The average Bonchev–Trinajstić information content (AvgIpc) is 2.95. The number of carboxylic acid groups (broad SMARTS) is 1. The van der Waals surface area contributed by atoms with Crippen LogP contribution in [0.2, 0.25) is 0 Å². The average molecular weight is 415 g/mol. The van der Waals surface area contributed by atoms with E-state index in [1.54, 1.807) is 37.5 Å². The normalized spacial score (nSPS) is 15.2. The zero-order valence-corrected chi connectivity index (χ0v) is 16.8. The van der Waals surface area contributed by atoms with Crippen molar-refractivity contribution in [2.45, 2.75) is 6.92 Å². The lowest BCUT2D eigenvalue weighted by Gasteiger charge is -2.14. The number of ether oxygens (including phenoxy) is 2. The Bertz CT molecular complexity index is 986. The SMILES string of the molecule is CCOc1cc(/C=C2\SC(=S)N(c3cccc(C(=O)O)c3)C2=O)ccc1OC. The lowest BCUT2D eigenvalue weighted by Crippen LogP contribution is -2.27. The summed E-state index contributed by atoms with van der Waals surface area (Å²) in [4.78, 5) is 25.9. The van der Waals surface area contributed by atoms with Crippen molar-refractivity contribution < 1.29 is 24.2 Å². The summed E-state index contributed by atoms with van der Waals surface area (Å²) in [6.45, 7) is 2.37. The summed E-state index contributed by atoms with van der Waals surface area (Å²) in [5, 5.41) is 9.17. The molecule has 144 valence electrons. The molecule has 28 heavy (non-hydrogen) atoms. The van der Waals surface area contributed by atoms with E-state index in [4.69, 9.17) is 26.8 Å². The zero-order valence-electron chi connectivity index (χ0n) is 15.2. The number of carboxylic acids is 1. The van der Waals surface area contributed by atoms with Gasteiger partial charge in [-0.05, 0) is 48.9 Å². The first-order valence-electron chi connectivity index (χ1n) is 8.36. The van der Waals surface area contributed by atoms with Gasteiger partial charge in [0.15, 0.2) is 15.8 Å². The highest BCUT2D eigenvalue weighted by Gasteiger charge is 2.33. The van der Waals surface area contributed by atoms with Crippen LogP contribution in [0.3, 0.4) is 0 Å². The fourth-order valence-corrected chi connectivity index (χ4v) is 3.97. The van der Waals surface area contributed by atoms with Crippen molar-refractivity contribution in [2.75, 3.05) is 18.6 Å². The second kappa shape index (κ2) is 8.45. The van der Waals surface area contributed by atoms with Gasteiger partial charge in [-0.1, -0.05) is 36.1 Å². The molecule has 1 fully saturated rings. The molecule has 1 saturated heterocycles. The topological polar surface area (TPSA) is 76.1 Å². The number of thiocarbonyl (C=S) groups is 1. The number of hydrogen-bond donors (Lipinski definition) is 1. The highest BCUT2D eigenvalue weighted by atomic mass is 32.2. The highest BCUT2D eigenvalue weighted by Crippen LogP contribution is 2.37. The number of rotatable bonds is 6. The van der Waals surface area contributed by atoms with Gasteiger partial charge in [-0.15, -0.1) is 0 Å². The third-order valence-corrected chi connectivity index (χ3v) is 5.23. The smallest absolute Gasteiger partial charge is 0.335 e. The summed E-state index contributed by atoms with van der Waals surface area (Å²) in [6, 6.07) is 11.5. The number of hydrogen-bond acceptors (Lipinski definition) is 6. The molecule has 1 N–H and O–H groups in total. The lowest BCUT2D eigenvalue weighted by molar-refractivity contribution is -0.113. The number of amides is 1. The molecule has 8 heteroatoms. The number of aromatic carboxylic acids is 1. The van der Waals surface area contributed by atoms with Crippen LogP contribution in [0.1, 0.15) is 22.8 Å². The first kappa shape index (κ1) is 19.9. The first-order valence-corrected chi connectivity index (χ1v) is 9.59. The van der Waals surface area contributed by atoms with Crippen LogP contribution in [0.15, 0.2) is 47.4 Å². The van der Waals surface area contributed by atoms with E-state index < -0.39 is 5.97 Å². The van der Waals surface area contributed by atoms with Crippen LogP contribution in [-0.4, -0.2) is 35.0 Å². The molecule has 1 amide bonds. The Morgan fingerprint density at radius 1 is 1.25 bits per heavy atom. The first-order chi connectivity index (χ1) is 13.4. The van der Waals surface area contributed by atoms with Crippen molar-refractivity contribution in [3.05, 3.63) is 58.5 Å². The standard InChI is InChI=1S/C20H17NO5S2/c1-3-26-16-9-12(7-8-15(16)25-2)10-17-18(22)21(20(27)28-17)14-6-4-5-13(11-14)19(23)24/h4-11H,3H2,1-2H3,(H,23,24)/b17-10-. The van der Waals surface area contributed by atoms with Crippen molar-refractivity contribution in [2.24, 2.45) is 0 Å². The van der Waals surface area contributed by atoms with Gasteiger partial charge in [0.2, 0.25) is 0 Å². The van der Waals surface area contributed by atoms with E-state index in [0.29, 0.717) is 33.0 Å². The van der Waals surface area contributed by atoms with Crippen LogP contribution in [0, 0.1) is 0 Å². The van der Waals surface area contributed by atoms with Crippen molar-refractivity contribution in [3.63, 3.8) is 0 Å². The van der Waals surface area contributed by atoms with E-state index >= 15 is 0 Å². The van der Waals surface area contributed by atoms with Crippen molar-refractivity contribution in [1.29, 1.82) is 0 Å². The molecule has 0 atom stereocenters. The molecule has 2 aromatic carbocycles. The van der Waals surface area contributed by atoms with E-state index in [1.165, 1.54) is 17.0 Å². The molecule has 0 saturated carbocycles. The molecule has 6 nitrogen and oxygen atoms in total. The Hall–Kier alpha value is -2.84. The van der Waals surface area contributed by atoms with Gasteiger partial charge in [0, 0.05) is 0 Å². The fourth-order valence-electron chi connectivity index (χ4n) is 2.67. The predicted octanol–water partition coefficient (Wildman–Crippen LogP) is 4.20. The second-order valence-corrected chi connectivity index (χ2v) is 7.39. The monoisotopic (exact) mass is 415 g/mol. The van der Waals surface area contributed by atoms with Gasteiger partial charge in [-0.25, -0.2) is 4.79 Å². The molecule has 0 radical (unpaired) electrons. The van der Waals surface area contributed by atoms with Crippen LogP contribution in [0.4, 0.5) is 5.69 Å². The van der Waals surface area contributed by atoms with Crippen LogP contribution >= 0.6 is 24.0 Å². The Labute approximate surface area is 171 Å². The molecule has 1 aliphatic rings. The Morgan fingerprint density at radius 3 is 2.71 bits per heavy atom. The van der Waals surface area contributed by atoms with E-state index in [2.05, 4.69) is 0 Å². The summed E-state index contributed by atoms with van der Waals surface area (Å²) >= 11 is 6.51. The van der Waals surface area contributed by atoms with Crippen LogP contribution in [0.5, 0.6) is 11.5 Å². The van der Waals surface area contributed by atoms with Gasteiger partial charge >= 0.3 is 5.97 Å². The third-order valence-electron chi connectivity index (χ3n) is 3.93. The Balaban J connectivity index is 1.92. The fraction of sp³-hybridized carbons (Fsp3) is 0.150. The molecule has 0 unspecified atom stereocenters. The summed E-state index contributed by atoms with van der Waals surface area (Å²) in [6.07, 6.45) is 1.72. The van der Waals surface area contributed by atoms with Crippen molar-refractivity contribution in [1.82, 2.24) is 0 Å². The number of carbonyl (C=O) groups is 2. The van der Waals surface area contributed by atoms with Gasteiger partial charge < -0.3 is 14.6 Å². The number of carbonyl (C=O) groups excluding carboxylic acids is 1. The number of benzene rings is 2. The Kier molecular flexibility index (Phi) is 6.01. The van der Waals surface area contributed by atoms with E-state index in [9.17, 15) is 9.59 Å². The lowest BCUT2D eigenvalue weighted by atomic mass is 10.1. The van der Waals surface area contributed by atoms with E-state index in [0.717, 1.165) is 17.3 Å². The summed E-state index contributed by atoms with van der Waals surface area (Å²) in [5.74, 6) is -0.170. The molecule has 1 aliphatic heterocycles. The Morgan fingerprint density at radius 2 is 2.04 bits per heavy atom. The minimum Gasteiger partial charge on any atom is -0.493 e. The van der Waals surface area contributed by atoms with Crippen LogP contribution < -0.4 is 14.4 Å². The molecule has 3 rings (SSSR count). The maximum absolute atomic E-state index is 12.9. The summed E-state index contributed by atoms with van der Waals surface area (Å²) < 4.78 is 11.2. The molecule has 1 heterocycles. The number of methoxy groups -OCH3 is 1. The minimum atomic E-state index is -1.07. The van der Waals surface area contributed by atoms with Gasteiger partial charge in [0.05, 0.1) is 29.9 Å². The number of nitrogens with zero attached hydrogens (tertiary/aromatic N) is 1. The van der Waals surface area contributed by atoms with Crippen LogP contribution in [-0.2, 0) is 4.79 Å². The van der Waals surface area contributed by atoms with Gasteiger partial charge in [0.1, 0.15) is 0 Å². The second-order valence-electron chi connectivity index (χ2n) is 5.72. The van der Waals surface area contributed by atoms with Gasteiger partial charge in [-0.3, -0.25) is 9.69 Å². The van der Waals surface area contributed by atoms with Crippen molar-refractivity contribution in [3.8, 4) is 11.5 Å². The molecule has 0 aliphatic carbocycles. The number of anilines is 1. The maximum Gasteiger partial charge on any atom is 0.335 e.